The lowest BCUT2D eigenvalue weighted by atomic mass is 10.0. The molecule has 0 aliphatic carbocycles. The number of nitrogens with two attached hydrogens (primary N) is 1. The molecule has 1 atom stereocenters. The van der Waals surface area contributed by atoms with Crippen molar-refractivity contribution in [3.8, 4) is 11.3 Å². The van der Waals surface area contributed by atoms with E-state index in [-0.39, 0.29) is 11.9 Å². The molecule has 4 heteroatoms. The average molecular weight is 284 g/mol. The van der Waals surface area contributed by atoms with Gasteiger partial charge in [-0.25, -0.2) is 4.39 Å². The molecule has 0 radical (unpaired) electrons. The van der Waals surface area contributed by atoms with E-state index in [0.717, 1.165) is 10.0 Å². The van der Waals surface area contributed by atoms with Crippen LogP contribution in [0.4, 0.5) is 4.39 Å². The summed E-state index contributed by atoms with van der Waals surface area (Å²) in [7, 11) is 0. The van der Waals surface area contributed by atoms with Crippen LogP contribution in [-0.2, 0) is 0 Å². The van der Waals surface area contributed by atoms with Gasteiger partial charge in [0, 0.05) is 6.04 Å². The molecule has 0 aliphatic rings. The predicted molar refractivity (Wildman–Crippen MR) is 64.4 cm³/mol. The predicted octanol–water partition coefficient (Wildman–Crippen LogP) is 3.87. The molecule has 0 bridgehead atoms. The van der Waals surface area contributed by atoms with Crippen LogP contribution < -0.4 is 5.73 Å². The fourth-order valence-electron chi connectivity index (χ4n) is 1.49. The van der Waals surface area contributed by atoms with E-state index in [9.17, 15) is 4.39 Å². The maximum absolute atomic E-state index is 13.7. The minimum absolute atomic E-state index is 0.131. The largest absolute Gasteiger partial charge is 0.463 e. The van der Waals surface area contributed by atoms with Crippen LogP contribution in [-0.4, -0.2) is 0 Å². The Morgan fingerprint density at radius 2 is 2.12 bits per heavy atom. The highest BCUT2D eigenvalue weighted by Gasteiger charge is 2.13. The SMILES string of the molecule is CC(N)c1ccc(F)c(-c2occc2Br)c1. The van der Waals surface area contributed by atoms with Crippen LogP contribution in [0.3, 0.4) is 0 Å². The van der Waals surface area contributed by atoms with Crippen LogP contribution in [0, 0.1) is 5.82 Å². The third-order valence-electron chi connectivity index (χ3n) is 2.38. The van der Waals surface area contributed by atoms with Gasteiger partial charge in [-0.15, -0.1) is 0 Å². The Morgan fingerprint density at radius 3 is 2.69 bits per heavy atom. The van der Waals surface area contributed by atoms with Crippen molar-refractivity contribution >= 4 is 15.9 Å². The second kappa shape index (κ2) is 4.39. The van der Waals surface area contributed by atoms with E-state index in [0.29, 0.717) is 11.3 Å². The number of hydrogen-bond donors (Lipinski definition) is 1. The molecule has 84 valence electrons. The molecule has 0 fully saturated rings. The first-order chi connectivity index (χ1) is 7.59. The third-order valence-corrected chi connectivity index (χ3v) is 3.00. The fourth-order valence-corrected chi connectivity index (χ4v) is 1.90. The van der Waals surface area contributed by atoms with Crippen molar-refractivity contribution < 1.29 is 8.81 Å². The molecule has 1 aromatic carbocycles. The monoisotopic (exact) mass is 283 g/mol. The van der Waals surface area contributed by atoms with Gasteiger partial charge in [-0.1, -0.05) is 6.07 Å². The van der Waals surface area contributed by atoms with E-state index in [1.165, 1.54) is 12.3 Å². The van der Waals surface area contributed by atoms with Gasteiger partial charge in [0.2, 0.25) is 0 Å². The van der Waals surface area contributed by atoms with Crippen molar-refractivity contribution in [3.05, 3.63) is 46.4 Å². The molecule has 0 amide bonds. The van der Waals surface area contributed by atoms with Crippen LogP contribution in [0.1, 0.15) is 18.5 Å². The smallest absolute Gasteiger partial charge is 0.150 e. The summed E-state index contributed by atoms with van der Waals surface area (Å²) in [5.41, 5.74) is 7.06. The van der Waals surface area contributed by atoms with E-state index < -0.39 is 0 Å². The molecule has 0 spiro atoms. The van der Waals surface area contributed by atoms with Gasteiger partial charge in [0.1, 0.15) is 5.82 Å². The first-order valence-corrected chi connectivity index (χ1v) is 5.67. The van der Waals surface area contributed by atoms with E-state index in [1.54, 1.807) is 18.2 Å². The summed E-state index contributed by atoms with van der Waals surface area (Å²) in [6.07, 6.45) is 1.51. The number of benzene rings is 1. The van der Waals surface area contributed by atoms with Crippen LogP contribution >= 0.6 is 15.9 Å². The molecule has 2 N–H and O–H groups in total. The minimum Gasteiger partial charge on any atom is -0.463 e. The van der Waals surface area contributed by atoms with Gasteiger partial charge in [-0.3, -0.25) is 0 Å². The second-order valence-electron chi connectivity index (χ2n) is 3.63. The highest BCUT2D eigenvalue weighted by Crippen LogP contribution is 2.32. The highest BCUT2D eigenvalue weighted by atomic mass is 79.9. The Kier molecular flexibility index (Phi) is 3.12. The van der Waals surface area contributed by atoms with Gasteiger partial charge in [-0.05, 0) is 46.6 Å². The first-order valence-electron chi connectivity index (χ1n) is 4.88. The number of halogens is 2. The van der Waals surface area contributed by atoms with Crippen LogP contribution in [0.15, 0.2) is 39.4 Å². The van der Waals surface area contributed by atoms with E-state index in [1.807, 2.05) is 6.92 Å². The summed E-state index contributed by atoms with van der Waals surface area (Å²) in [5, 5.41) is 0. The summed E-state index contributed by atoms with van der Waals surface area (Å²) in [6, 6.07) is 6.40. The fraction of sp³-hybridized carbons (Fsp3) is 0.167. The molecule has 0 saturated heterocycles. The average Bonchev–Trinajstić information content (AvgIpc) is 2.65. The molecule has 1 heterocycles. The molecular weight excluding hydrogens is 273 g/mol. The number of rotatable bonds is 2. The zero-order valence-corrected chi connectivity index (χ0v) is 10.3. The standard InChI is InChI=1S/C12H11BrFNO/c1-7(15)8-2-3-11(14)9(6-8)12-10(13)4-5-16-12/h2-7H,15H2,1H3. The van der Waals surface area contributed by atoms with Crippen LogP contribution in [0.25, 0.3) is 11.3 Å². The van der Waals surface area contributed by atoms with Gasteiger partial charge < -0.3 is 10.2 Å². The zero-order chi connectivity index (χ0) is 11.7. The van der Waals surface area contributed by atoms with Crippen molar-refractivity contribution in [2.75, 3.05) is 0 Å². The molecule has 1 aromatic heterocycles. The van der Waals surface area contributed by atoms with E-state index >= 15 is 0 Å². The van der Waals surface area contributed by atoms with Gasteiger partial charge in [-0.2, -0.15) is 0 Å². The second-order valence-corrected chi connectivity index (χ2v) is 4.48. The summed E-state index contributed by atoms with van der Waals surface area (Å²) < 4.78 is 19.6. The zero-order valence-electron chi connectivity index (χ0n) is 8.71. The molecule has 0 saturated carbocycles. The quantitative estimate of drug-likeness (QED) is 0.909. The summed E-state index contributed by atoms with van der Waals surface area (Å²) in [5.74, 6) is 0.167. The topological polar surface area (TPSA) is 39.2 Å². The normalized spacial score (nSPS) is 12.8. The molecule has 2 nitrogen and oxygen atoms in total. The summed E-state index contributed by atoms with van der Waals surface area (Å²) in [4.78, 5) is 0. The van der Waals surface area contributed by atoms with Crippen LogP contribution in [0.2, 0.25) is 0 Å². The van der Waals surface area contributed by atoms with Gasteiger partial charge in [0.15, 0.2) is 5.76 Å². The molecule has 1 unspecified atom stereocenters. The number of furan rings is 1. The van der Waals surface area contributed by atoms with Crippen molar-refractivity contribution in [1.82, 2.24) is 0 Å². The minimum atomic E-state index is -0.319. The lowest BCUT2D eigenvalue weighted by Crippen LogP contribution is -2.05. The maximum atomic E-state index is 13.7. The Morgan fingerprint density at radius 1 is 1.38 bits per heavy atom. The van der Waals surface area contributed by atoms with Gasteiger partial charge >= 0.3 is 0 Å². The van der Waals surface area contributed by atoms with E-state index in [2.05, 4.69) is 15.9 Å². The number of hydrogen-bond acceptors (Lipinski definition) is 2. The molecule has 0 aliphatic heterocycles. The Hall–Kier alpha value is -1.13. The van der Waals surface area contributed by atoms with Gasteiger partial charge in [0.25, 0.3) is 0 Å². The third kappa shape index (κ3) is 2.03. The highest BCUT2D eigenvalue weighted by molar-refractivity contribution is 9.10. The molecule has 16 heavy (non-hydrogen) atoms. The van der Waals surface area contributed by atoms with Crippen molar-refractivity contribution in [2.45, 2.75) is 13.0 Å². The Balaban J connectivity index is 2.56. The first kappa shape index (κ1) is 11.4. The van der Waals surface area contributed by atoms with Crippen molar-refractivity contribution in [1.29, 1.82) is 0 Å². The van der Waals surface area contributed by atoms with Crippen molar-refractivity contribution in [3.63, 3.8) is 0 Å². The van der Waals surface area contributed by atoms with Crippen molar-refractivity contribution in [2.24, 2.45) is 5.73 Å². The maximum Gasteiger partial charge on any atom is 0.150 e. The molecular formula is C12H11BrFNO. The van der Waals surface area contributed by atoms with E-state index in [4.69, 9.17) is 10.2 Å². The summed E-state index contributed by atoms with van der Waals surface area (Å²) >= 11 is 3.31. The lowest BCUT2D eigenvalue weighted by Gasteiger charge is -2.08. The van der Waals surface area contributed by atoms with Gasteiger partial charge in [0.05, 0.1) is 16.3 Å². The lowest BCUT2D eigenvalue weighted by molar-refractivity contribution is 0.567. The van der Waals surface area contributed by atoms with Crippen LogP contribution in [0.5, 0.6) is 0 Å². The summed E-state index contributed by atoms with van der Waals surface area (Å²) in [6.45, 7) is 1.86. The Bertz CT molecular complexity index is 507. The Labute approximate surface area is 101 Å². The molecule has 2 rings (SSSR count). The molecule has 2 aromatic rings.